The van der Waals surface area contributed by atoms with Gasteiger partial charge in [-0.05, 0) is 0 Å². The molecule has 1 heterocycles. The van der Waals surface area contributed by atoms with E-state index in [0.717, 1.165) is 0 Å². The van der Waals surface area contributed by atoms with Gasteiger partial charge in [0.2, 0.25) is 0 Å². The van der Waals surface area contributed by atoms with Crippen molar-refractivity contribution in [3.63, 3.8) is 0 Å². The van der Waals surface area contributed by atoms with E-state index >= 15 is 0 Å². The Morgan fingerprint density at radius 2 is 1.40 bits per heavy atom. The number of carbonyl (C=O) groups excluding carboxylic acids is 1. The summed E-state index contributed by atoms with van der Waals surface area (Å²) in [5.41, 5.74) is 0. The molecule has 20 heavy (non-hydrogen) atoms. The van der Waals surface area contributed by atoms with Crippen molar-refractivity contribution in [3.05, 3.63) is 48.5 Å². The molecule has 0 saturated carbocycles. The van der Waals surface area contributed by atoms with Crippen LogP contribution in [-0.4, -0.2) is 36.6 Å². The fraction of sp³-hybridized carbons (Fsp3) is 0.0714. The minimum absolute atomic E-state index is 0.290. The third kappa shape index (κ3) is 2.07. The van der Waals surface area contributed by atoms with Crippen LogP contribution in [0.5, 0.6) is 0 Å². The van der Waals surface area contributed by atoms with Crippen LogP contribution in [0.25, 0.3) is 0 Å². The van der Waals surface area contributed by atoms with Crippen molar-refractivity contribution in [2.24, 2.45) is 0 Å². The van der Waals surface area contributed by atoms with Gasteiger partial charge in [0, 0.05) is 0 Å². The molecule has 0 unspecified atom stereocenters. The first kappa shape index (κ1) is 13.7. The van der Waals surface area contributed by atoms with E-state index in [0.29, 0.717) is 6.54 Å². The van der Waals surface area contributed by atoms with Gasteiger partial charge in [0.25, 0.3) is 0 Å². The number of fused-ring (bicyclic) bond motifs is 2. The summed E-state index contributed by atoms with van der Waals surface area (Å²) in [6.45, 7) is 1.36. The predicted octanol–water partition coefficient (Wildman–Crippen LogP) is 0.502. The maximum absolute atomic E-state index is 12.6. The van der Waals surface area contributed by atoms with Crippen LogP contribution in [0, 0.1) is 0 Å². The molecule has 3 rings (SSSR count). The Bertz CT molecular complexity index is 745. The first-order valence-electron chi connectivity index (χ1n) is 5.93. The summed E-state index contributed by atoms with van der Waals surface area (Å²) in [7, 11) is -3.51. The zero-order chi connectivity index (χ0) is 14.3. The van der Waals surface area contributed by atoms with Gasteiger partial charge in [0.05, 0.1) is 0 Å². The van der Waals surface area contributed by atoms with Crippen LogP contribution in [0.3, 0.4) is 0 Å². The van der Waals surface area contributed by atoms with Gasteiger partial charge < -0.3 is 0 Å². The van der Waals surface area contributed by atoms with Crippen LogP contribution in [0.2, 0.25) is 0 Å². The van der Waals surface area contributed by atoms with Crippen molar-refractivity contribution in [1.29, 1.82) is 0 Å². The summed E-state index contributed by atoms with van der Waals surface area (Å²) in [4.78, 5) is 12.0. The molecule has 0 amide bonds. The van der Waals surface area contributed by atoms with Gasteiger partial charge >= 0.3 is 126 Å². The summed E-state index contributed by atoms with van der Waals surface area (Å²) >= 11 is -3.04. The molecule has 0 aromatic heterocycles. The summed E-state index contributed by atoms with van der Waals surface area (Å²) in [6.07, 6.45) is 0. The molecule has 0 spiro atoms. The molecular formula is C14H11BiO4S. The third-order valence-electron chi connectivity index (χ3n) is 2.97. The van der Waals surface area contributed by atoms with Crippen LogP contribution in [0.4, 0.5) is 0 Å². The van der Waals surface area contributed by atoms with Gasteiger partial charge in [-0.2, -0.15) is 0 Å². The SMILES string of the molecule is CC(=O)[O][Bi]1[c]2ccccc2S(=O)(=O)c2cccc[c]21. The average molecular weight is 484 g/mol. The van der Waals surface area contributed by atoms with Crippen LogP contribution in [0.15, 0.2) is 58.3 Å². The quantitative estimate of drug-likeness (QED) is 0.554. The molecule has 0 fully saturated rings. The van der Waals surface area contributed by atoms with Gasteiger partial charge in [-0.1, -0.05) is 0 Å². The Hall–Kier alpha value is -1.26. The van der Waals surface area contributed by atoms with E-state index in [1.807, 2.05) is 0 Å². The molecule has 0 atom stereocenters. The first-order chi connectivity index (χ1) is 9.51. The Morgan fingerprint density at radius 1 is 0.950 bits per heavy atom. The molecule has 1 aliphatic rings. The number of carbonyl (C=O) groups is 1. The summed E-state index contributed by atoms with van der Waals surface area (Å²) in [5.74, 6) is -0.355. The molecule has 0 radical (unpaired) electrons. The molecule has 6 heteroatoms. The normalized spacial score (nSPS) is 16.1. The molecule has 2 aromatic carbocycles. The maximum atomic E-state index is 12.6. The zero-order valence-corrected chi connectivity index (χ0v) is 14.9. The molecule has 0 bridgehead atoms. The van der Waals surface area contributed by atoms with Crippen molar-refractivity contribution >= 4 is 44.5 Å². The van der Waals surface area contributed by atoms with Crippen molar-refractivity contribution in [2.45, 2.75) is 16.7 Å². The molecule has 102 valence electrons. The topological polar surface area (TPSA) is 60.4 Å². The van der Waals surface area contributed by atoms with E-state index in [2.05, 4.69) is 0 Å². The van der Waals surface area contributed by atoms with Gasteiger partial charge in [0.1, 0.15) is 0 Å². The summed E-state index contributed by atoms with van der Waals surface area (Å²) < 4.78 is 32.2. The molecule has 0 N–H and O–H groups in total. The fourth-order valence-electron chi connectivity index (χ4n) is 2.18. The van der Waals surface area contributed by atoms with E-state index in [4.69, 9.17) is 2.81 Å². The number of benzene rings is 2. The predicted molar refractivity (Wildman–Crippen MR) is 75.1 cm³/mol. The van der Waals surface area contributed by atoms with E-state index in [9.17, 15) is 13.2 Å². The number of hydrogen-bond donors (Lipinski definition) is 0. The monoisotopic (exact) mass is 484 g/mol. The van der Waals surface area contributed by atoms with E-state index < -0.39 is 32.0 Å². The zero-order valence-electron chi connectivity index (χ0n) is 10.6. The third-order valence-corrected chi connectivity index (χ3v) is 14.2. The molecule has 1 aliphatic heterocycles. The van der Waals surface area contributed by atoms with E-state index in [1.54, 1.807) is 48.5 Å². The fourth-order valence-corrected chi connectivity index (χ4v) is 14.5. The Labute approximate surface area is 125 Å². The second-order valence-electron chi connectivity index (χ2n) is 4.32. The Morgan fingerprint density at radius 3 is 1.85 bits per heavy atom. The van der Waals surface area contributed by atoms with Crippen LogP contribution in [0.1, 0.15) is 6.92 Å². The minimum atomic E-state index is -3.51. The standard InChI is InChI=1S/C12H8O2S.C2H4O2.Bi/c13-15(14,11-7-3-1-4-8-11)12-9-5-2-6-10-12;1-2(3)4;/h1-7,9H;1H3,(H,3,4);/q;;+1/p-1. The summed E-state index contributed by atoms with van der Waals surface area (Å²) in [6, 6.07) is 13.7. The average Bonchev–Trinajstić information content (AvgIpc) is 2.44. The number of hydrogen-bond acceptors (Lipinski definition) is 4. The van der Waals surface area contributed by atoms with E-state index in [-0.39, 0.29) is 15.8 Å². The molecule has 0 aliphatic carbocycles. The van der Waals surface area contributed by atoms with Crippen molar-refractivity contribution in [3.8, 4) is 0 Å². The van der Waals surface area contributed by atoms with Gasteiger partial charge in [-0.25, -0.2) is 0 Å². The number of rotatable bonds is 1. The van der Waals surface area contributed by atoms with Crippen molar-refractivity contribution in [2.75, 3.05) is 0 Å². The number of sulfone groups is 1. The molecular weight excluding hydrogens is 473 g/mol. The molecule has 0 saturated heterocycles. The first-order valence-corrected chi connectivity index (χ1v) is 12.3. The van der Waals surface area contributed by atoms with Gasteiger partial charge in [0.15, 0.2) is 0 Å². The Balaban J connectivity index is 2.33. The van der Waals surface area contributed by atoms with Gasteiger partial charge in [-0.3, -0.25) is 0 Å². The second-order valence-corrected chi connectivity index (χ2v) is 12.9. The van der Waals surface area contributed by atoms with Crippen LogP contribution >= 0.6 is 0 Å². The Kier molecular flexibility index (Phi) is 3.38. The van der Waals surface area contributed by atoms with Gasteiger partial charge in [-0.15, -0.1) is 0 Å². The van der Waals surface area contributed by atoms with E-state index in [1.165, 1.54) is 6.92 Å². The molecule has 4 nitrogen and oxygen atoms in total. The van der Waals surface area contributed by atoms with Crippen molar-refractivity contribution in [1.82, 2.24) is 0 Å². The van der Waals surface area contributed by atoms with Crippen LogP contribution in [-0.2, 0) is 17.4 Å². The summed E-state index contributed by atoms with van der Waals surface area (Å²) in [5, 5.41) is 0. The van der Waals surface area contributed by atoms with Crippen LogP contribution < -0.4 is 6.54 Å². The molecule has 2 aromatic rings. The van der Waals surface area contributed by atoms with Crippen molar-refractivity contribution < 1.29 is 16.0 Å². The second kappa shape index (κ2) is 4.94.